The van der Waals surface area contributed by atoms with E-state index >= 15 is 0 Å². The second-order valence-electron chi connectivity index (χ2n) is 7.27. The number of anilines is 1. The van der Waals surface area contributed by atoms with Crippen molar-refractivity contribution in [3.05, 3.63) is 40.5 Å². The van der Waals surface area contributed by atoms with Crippen LogP contribution in [0.15, 0.2) is 39.1 Å². The summed E-state index contributed by atoms with van der Waals surface area (Å²) < 4.78 is 3.83. The summed E-state index contributed by atoms with van der Waals surface area (Å²) in [6.07, 6.45) is 3.36. The number of carbonyl (C=O) groups is 3. The van der Waals surface area contributed by atoms with Crippen molar-refractivity contribution in [1.82, 2.24) is 24.6 Å². The van der Waals surface area contributed by atoms with Gasteiger partial charge in [0.2, 0.25) is 11.5 Å². The van der Waals surface area contributed by atoms with E-state index in [-0.39, 0.29) is 16.7 Å². The fourth-order valence-corrected chi connectivity index (χ4v) is 7.28. The molecule has 7 N–H and O–H groups in total. The number of β-lactam (4-membered cyclic amide) rings is 1. The summed E-state index contributed by atoms with van der Waals surface area (Å²) in [5.74, 6) is -1.13. The minimum Gasteiger partial charge on any atom is -0.477 e. The molecule has 0 aliphatic carbocycles. The highest BCUT2D eigenvalue weighted by atomic mass is 32.2. The second-order valence-corrected chi connectivity index (χ2v) is 11.4. The number of nitrogens with zero attached hydrogens (tertiary/aromatic N) is 5. The molecule has 2 aliphatic heterocycles. The molecule has 190 valence electrons. The predicted molar refractivity (Wildman–Crippen MR) is 138 cm³/mol. The quantitative estimate of drug-likeness (QED) is 0.0863. The smallest absolute Gasteiger partial charge is 0.353 e. The Bertz CT molecular complexity index is 1250. The highest BCUT2D eigenvalue weighted by Crippen LogP contribution is 2.45. The average Bonchev–Trinajstić information content (AvgIpc) is 3.29. The van der Waals surface area contributed by atoms with Gasteiger partial charge in [0.15, 0.2) is 5.13 Å². The van der Waals surface area contributed by atoms with E-state index < -0.39 is 34.9 Å². The molecule has 17 heteroatoms. The van der Waals surface area contributed by atoms with E-state index in [1.54, 1.807) is 24.2 Å². The topological polar surface area (TPSA) is 210 Å². The Labute approximate surface area is 221 Å². The number of hydrogen-bond donors (Lipinski definition) is 5. The van der Waals surface area contributed by atoms with Gasteiger partial charge in [0.25, 0.3) is 11.8 Å². The van der Waals surface area contributed by atoms with E-state index in [9.17, 15) is 24.7 Å². The van der Waals surface area contributed by atoms with Crippen LogP contribution in [0.2, 0.25) is 0 Å². The van der Waals surface area contributed by atoms with Crippen molar-refractivity contribution < 1.29 is 24.7 Å². The number of nitrogen functional groups attached to an aromatic ring is 1. The zero-order valence-corrected chi connectivity index (χ0v) is 21.6. The van der Waals surface area contributed by atoms with Crippen molar-refractivity contribution in [3.8, 4) is 0 Å². The number of carboxylic acids is 1. The molecule has 2 atom stereocenters. The maximum absolute atomic E-state index is 13.0. The Kier molecular flexibility index (Phi) is 8.35. The van der Waals surface area contributed by atoms with E-state index in [0.717, 1.165) is 27.7 Å². The van der Waals surface area contributed by atoms with Gasteiger partial charge in [-0.25, -0.2) is 4.79 Å². The third-order valence-electron chi connectivity index (χ3n) is 5.00. The molecule has 0 spiro atoms. The summed E-state index contributed by atoms with van der Waals surface area (Å²) in [6.45, 7) is 0.550. The van der Waals surface area contributed by atoms with E-state index in [0.29, 0.717) is 23.0 Å². The summed E-state index contributed by atoms with van der Waals surface area (Å²) >= 11 is 5.07. The Balaban J connectivity index is 1.51. The number of fused-ring (bicyclic) bond motifs is 1. The van der Waals surface area contributed by atoms with Gasteiger partial charge < -0.3 is 27.1 Å². The number of carboxylic acid groups (broad SMARTS) is 1. The largest absolute Gasteiger partial charge is 0.477 e. The van der Waals surface area contributed by atoms with E-state index in [1.807, 2.05) is 6.07 Å². The molecule has 0 saturated carbocycles. The number of hydrogen-bond acceptors (Lipinski definition) is 14. The van der Waals surface area contributed by atoms with Gasteiger partial charge in [0.1, 0.15) is 17.1 Å². The van der Waals surface area contributed by atoms with Crippen LogP contribution in [0.25, 0.3) is 0 Å². The van der Waals surface area contributed by atoms with Gasteiger partial charge in [-0.1, -0.05) is 16.9 Å². The highest BCUT2D eigenvalue weighted by molar-refractivity contribution is 8.06. The monoisotopic (exact) mass is 568 g/mol. The van der Waals surface area contributed by atoms with Crippen molar-refractivity contribution in [2.45, 2.75) is 22.1 Å². The van der Waals surface area contributed by atoms with Crippen molar-refractivity contribution in [2.24, 2.45) is 10.9 Å². The number of aromatic nitrogens is 3. The summed E-state index contributed by atoms with van der Waals surface area (Å²) in [7, 11) is 0. The number of thioether (sulfide) groups is 3. The number of nitrogens with two attached hydrogens (primary N) is 2. The number of amides is 2. The van der Waals surface area contributed by atoms with Crippen LogP contribution in [0.5, 0.6) is 0 Å². The number of oxime groups is 1. The molecule has 0 aromatic carbocycles. The first-order valence-electron chi connectivity index (χ1n) is 10.3. The molecule has 1 saturated heterocycles. The summed E-state index contributed by atoms with van der Waals surface area (Å²) in [4.78, 5) is 48.3. The standard InChI is InChI=1S/C19H20N8O5S4/c20-2-4-33-6-8-5-22-3-1-9(8)35-10-7-34-17-12(16(29)27(17)13(10)18(30)31)23-15(28)11(25-32)14-24-19(21)36-26-14/h1,3,5,12,17,32H,2,4,6-7,20H2,(H,23,28)(H,30,31)(H2,21,24,26)/b25-11-. The van der Waals surface area contributed by atoms with Crippen LogP contribution in [0.3, 0.4) is 0 Å². The van der Waals surface area contributed by atoms with Gasteiger partial charge in [-0.15, -0.1) is 11.8 Å². The first-order chi connectivity index (χ1) is 17.3. The fraction of sp³-hybridized carbons (Fsp3) is 0.316. The van der Waals surface area contributed by atoms with E-state index in [1.165, 1.54) is 28.4 Å². The molecule has 4 heterocycles. The number of nitrogens with one attached hydrogen (secondary N) is 1. The molecule has 2 aromatic heterocycles. The van der Waals surface area contributed by atoms with Gasteiger partial charge in [0.05, 0.1) is 0 Å². The first-order valence-corrected chi connectivity index (χ1v) is 14.1. The molecule has 36 heavy (non-hydrogen) atoms. The lowest BCUT2D eigenvalue weighted by Crippen LogP contribution is -2.71. The summed E-state index contributed by atoms with van der Waals surface area (Å²) in [6, 6.07) is 0.794. The Morgan fingerprint density at radius 1 is 1.39 bits per heavy atom. The first kappa shape index (κ1) is 26.2. The average molecular weight is 569 g/mol. The minimum absolute atomic E-state index is 0.0734. The normalized spacial score (nSPS) is 19.6. The van der Waals surface area contributed by atoms with Crippen molar-refractivity contribution in [3.63, 3.8) is 0 Å². The van der Waals surface area contributed by atoms with Crippen LogP contribution in [0.1, 0.15) is 11.4 Å². The van der Waals surface area contributed by atoms with Gasteiger partial charge in [-0.3, -0.25) is 19.5 Å². The lowest BCUT2D eigenvalue weighted by Gasteiger charge is -2.49. The fourth-order valence-electron chi connectivity index (χ4n) is 3.42. The third kappa shape index (κ3) is 5.29. The van der Waals surface area contributed by atoms with Gasteiger partial charge in [-0.05, 0) is 11.6 Å². The van der Waals surface area contributed by atoms with E-state index in [2.05, 4.69) is 24.8 Å². The molecule has 2 amide bonds. The van der Waals surface area contributed by atoms with Crippen molar-refractivity contribution in [1.29, 1.82) is 0 Å². The Morgan fingerprint density at radius 3 is 2.86 bits per heavy atom. The molecular formula is C19H20N8O5S4. The van der Waals surface area contributed by atoms with Crippen LogP contribution >= 0.6 is 46.8 Å². The molecular weight excluding hydrogens is 549 g/mol. The number of rotatable bonds is 10. The summed E-state index contributed by atoms with van der Waals surface area (Å²) in [5.41, 5.74) is 11.4. The maximum atomic E-state index is 13.0. The third-order valence-corrected chi connectivity index (χ3v) is 9.25. The second kappa shape index (κ2) is 11.5. The molecule has 0 radical (unpaired) electrons. The Morgan fingerprint density at radius 2 is 2.19 bits per heavy atom. The highest BCUT2D eigenvalue weighted by Gasteiger charge is 2.54. The van der Waals surface area contributed by atoms with Crippen LogP contribution in [-0.2, 0) is 20.1 Å². The SMILES string of the molecule is NCCSCc1cnccc1SC1=C(C(=O)O)N2C(=O)C(NC(=O)/C(=N\O)c3nsc(N)n3)C2SC1. The number of carbonyl (C=O) groups excluding carboxylic acids is 2. The van der Waals surface area contributed by atoms with Crippen LogP contribution in [-0.4, -0.2) is 82.5 Å². The zero-order valence-electron chi connectivity index (χ0n) is 18.4. The van der Waals surface area contributed by atoms with E-state index in [4.69, 9.17) is 11.5 Å². The van der Waals surface area contributed by atoms with Crippen LogP contribution in [0, 0.1) is 0 Å². The van der Waals surface area contributed by atoms with Crippen molar-refractivity contribution >= 4 is 75.4 Å². The van der Waals surface area contributed by atoms with Gasteiger partial charge in [-0.2, -0.15) is 21.1 Å². The minimum atomic E-state index is -1.24. The maximum Gasteiger partial charge on any atom is 0.353 e. The molecule has 2 unspecified atom stereocenters. The van der Waals surface area contributed by atoms with Crippen LogP contribution in [0.4, 0.5) is 5.13 Å². The number of aliphatic carboxylic acids is 1. The molecule has 13 nitrogen and oxygen atoms in total. The predicted octanol–water partition coefficient (Wildman–Crippen LogP) is 0.374. The van der Waals surface area contributed by atoms with Crippen LogP contribution < -0.4 is 16.8 Å². The zero-order chi connectivity index (χ0) is 25.8. The summed E-state index contributed by atoms with van der Waals surface area (Å²) in [5, 5.41) is 24.0. The molecule has 1 fully saturated rings. The van der Waals surface area contributed by atoms with Gasteiger partial charge in [0, 0.05) is 57.5 Å². The molecule has 4 rings (SSSR count). The molecule has 2 aromatic rings. The lowest BCUT2D eigenvalue weighted by atomic mass is 10.0. The van der Waals surface area contributed by atoms with Gasteiger partial charge >= 0.3 is 5.97 Å². The Hall–Kier alpha value is -2.86. The molecule has 2 aliphatic rings. The lowest BCUT2D eigenvalue weighted by molar-refractivity contribution is -0.150. The van der Waals surface area contributed by atoms with Crippen molar-refractivity contribution in [2.75, 3.05) is 23.8 Å². The molecule has 0 bridgehead atoms. The number of pyridine rings is 1.